The van der Waals surface area contributed by atoms with Crippen LogP contribution in [0.3, 0.4) is 0 Å². The van der Waals surface area contributed by atoms with Crippen molar-refractivity contribution in [3.63, 3.8) is 0 Å². The number of hydrogen-bond acceptors (Lipinski definition) is 5. The van der Waals surface area contributed by atoms with Crippen molar-refractivity contribution in [3.05, 3.63) is 65.2 Å². The van der Waals surface area contributed by atoms with E-state index in [-0.39, 0.29) is 11.3 Å². The van der Waals surface area contributed by atoms with E-state index in [2.05, 4.69) is 20.8 Å². The third-order valence-corrected chi connectivity index (χ3v) is 5.35. The van der Waals surface area contributed by atoms with E-state index in [0.29, 0.717) is 30.4 Å². The van der Waals surface area contributed by atoms with Gasteiger partial charge in [-0.15, -0.1) is 0 Å². The molecule has 1 fully saturated rings. The molecule has 1 saturated heterocycles. The van der Waals surface area contributed by atoms with E-state index in [4.69, 9.17) is 9.47 Å². The molecule has 0 aliphatic carbocycles. The molecule has 6 nitrogen and oxygen atoms in total. The largest absolute Gasteiger partial charge is 0.507 e. The minimum atomic E-state index is -0.696. The SMILES string of the molecule is CCCCOc1ccc([C@H]2C(=C(O)c3ccc(OCC(C)C)cc3)C(=O)C(=O)N2C)cc1. The van der Waals surface area contributed by atoms with Gasteiger partial charge in [-0.1, -0.05) is 39.3 Å². The average molecular weight is 438 g/mol. The number of amides is 1. The van der Waals surface area contributed by atoms with Gasteiger partial charge in [0.15, 0.2) is 0 Å². The Morgan fingerprint density at radius 2 is 1.59 bits per heavy atom. The second-order valence-electron chi connectivity index (χ2n) is 8.41. The number of hydrogen-bond donors (Lipinski definition) is 1. The Kier molecular flexibility index (Phi) is 7.57. The number of nitrogens with zero attached hydrogens (tertiary/aromatic N) is 1. The Hall–Kier alpha value is -3.28. The molecule has 32 heavy (non-hydrogen) atoms. The van der Waals surface area contributed by atoms with Crippen molar-refractivity contribution in [1.29, 1.82) is 0 Å². The fraction of sp³-hybridized carbons (Fsp3) is 0.385. The van der Waals surface area contributed by atoms with Crippen LogP contribution in [0.4, 0.5) is 0 Å². The van der Waals surface area contributed by atoms with Crippen LogP contribution in [0, 0.1) is 5.92 Å². The van der Waals surface area contributed by atoms with Crippen LogP contribution in [-0.2, 0) is 9.59 Å². The Bertz CT molecular complexity index is 976. The van der Waals surface area contributed by atoms with Gasteiger partial charge in [0.25, 0.3) is 11.7 Å². The lowest BCUT2D eigenvalue weighted by molar-refractivity contribution is -0.139. The maximum atomic E-state index is 12.7. The van der Waals surface area contributed by atoms with Gasteiger partial charge in [-0.3, -0.25) is 9.59 Å². The maximum absolute atomic E-state index is 12.7. The van der Waals surface area contributed by atoms with Gasteiger partial charge in [0, 0.05) is 12.6 Å². The van der Waals surface area contributed by atoms with E-state index in [1.165, 1.54) is 4.90 Å². The van der Waals surface area contributed by atoms with Gasteiger partial charge in [-0.05, 0) is 54.3 Å². The highest BCUT2D eigenvalue weighted by molar-refractivity contribution is 6.46. The predicted octanol–water partition coefficient (Wildman–Crippen LogP) is 4.95. The molecule has 1 N–H and O–H groups in total. The summed E-state index contributed by atoms with van der Waals surface area (Å²) in [7, 11) is 1.57. The maximum Gasteiger partial charge on any atom is 0.295 e. The lowest BCUT2D eigenvalue weighted by Crippen LogP contribution is -2.24. The topological polar surface area (TPSA) is 76.1 Å². The van der Waals surface area contributed by atoms with Crippen molar-refractivity contribution in [3.8, 4) is 11.5 Å². The number of Topliss-reactive ketones (excluding diaryl/α,β-unsaturated/α-hetero) is 1. The van der Waals surface area contributed by atoms with E-state index >= 15 is 0 Å². The van der Waals surface area contributed by atoms with Crippen molar-refractivity contribution >= 4 is 17.4 Å². The molecule has 0 unspecified atom stereocenters. The summed E-state index contributed by atoms with van der Waals surface area (Å²) in [5.74, 6) is 0.271. The lowest BCUT2D eigenvalue weighted by Gasteiger charge is -2.21. The zero-order valence-electron chi connectivity index (χ0n) is 19.1. The Labute approximate surface area is 189 Å². The number of benzene rings is 2. The molecule has 170 valence electrons. The minimum Gasteiger partial charge on any atom is -0.507 e. The van der Waals surface area contributed by atoms with Crippen LogP contribution in [0.1, 0.15) is 50.8 Å². The molecule has 1 aliphatic heterocycles. The molecule has 0 radical (unpaired) electrons. The summed E-state index contributed by atoms with van der Waals surface area (Å²) in [4.78, 5) is 26.6. The number of unbranched alkanes of at least 4 members (excludes halogenated alkanes) is 1. The highest BCUT2D eigenvalue weighted by atomic mass is 16.5. The Morgan fingerprint density at radius 1 is 1.00 bits per heavy atom. The van der Waals surface area contributed by atoms with Crippen LogP contribution in [0.5, 0.6) is 11.5 Å². The predicted molar refractivity (Wildman–Crippen MR) is 124 cm³/mol. The summed E-state index contributed by atoms with van der Waals surface area (Å²) in [6.45, 7) is 7.45. The van der Waals surface area contributed by atoms with E-state index in [1.54, 1.807) is 31.3 Å². The van der Waals surface area contributed by atoms with Gasteiger partial charge in [0.2, 0.25) is 0 Å². The molecule has 6 heteroatoms. The number of rotatable bonds is 9. The standard InChI is InChI=1S/C26H31NO5/c1-5-6-15-31-20-11-7-18(8-12-20)23-22(25(29)26(30)27(23)4)24(28)19-9-13-21(14-10-19)32-16-17(2)3/h7-14,17,23,28H,5-6,15-16H2,1-4H3/t23-/m0/s1. The average Bonchev–Trinajstić information content (AvgIpc) is 3.02. The monoisotopic (exact) mass is 437 g/mol. The first-order valence-electron chi connectivity index (χ1n) is 11.0. The molecule has 1 atom stereocenters. The molecule has 0 aromatic heterocycles. The number of aliphatic hydroxyl groups excluding tert-OH is 1. The summed E-state index contributed by atoms with van der Waals surface area (Å²) >= 11 is 0. The molecule has 1 amide bonds. The van der Waals surface area contributed by atoms with Crippen LogP contribution in [0.25, 0.3) is 5.76 Å². The van der Waals surface area contributed by atoms with Gasteiger partial charge in [0.1, 0.15) is 17.3 Å². The number of carbonyl (C=O) groups excluding carboxylic acids is 2. The van der Waals surface area contributed by atoms with Crippen LogP contribution < -0.4 is 9.47 Å². The Balaban J connectivity index is 1.89. The van der Waals surface area contributed by atoms with Crippen LogP contribution in [-0.4, -0.2) is 42.0 Å². The molecule has 1 aliphatic rings. The summed E-state index contributed by atoms with van der Waals surface area (Å²) < 4.78 is 11.4. The second kappa shape index (κ2) is 10.4. The fourth-order valence-electron chi connectivity index (χ4n) is 3.55. The summed E-state index contributed by atoms with van der Waals surface area (Å²) in [6.07, 6.45) is 2.02. The number of ketones is 1. The van der Waals surface area contributed by atoms with Gasteiger partial charge in [-0.2, -0.15) is 0 Å². The van der Waals surface area contributed by atoms with Crippen LogP contribution in [0.2, 0.25) is 0 Å². The lowest BCUT2D eigenvalue weighted by atomic mass is 9.95. The molecule has 0 saturated carbocycles. The van der Waals surface area contributed by atoms with Crippen molar-refractivity contribution in [2.75, 3.05) is 20.3 Å². The molecular weight excluding hydrogens is 406 g/mol. The zero-order chi connectivity index (χ0) is 23.3. The van der Waals surface area contributed by atoms with Gasteiger partial charge >= 0.3 is 0 Å². The van der Waals surface area contributed by atoms with Gasteiger partial charge in [0.05, 0.1) is 24.8 Å². The first-order valence-corrected chi connectivity index (χ1v) is 11.0. The quantitative estimate of drug-likeness (QED) is 0.260. The first-order chi connectivity index (χ1) is 15.3. The van der Waals surface area contributed by atoms with Gasteiger partial charge in [-0.25, -0.2) is 0 Å². The summed E-state index contributed by atoms with van der Waals surface area (Å²) in [5.41, 5.74) is 1.26. The minimum absolute atomic E-state index is 0.0769. The number of ether oxygens (including phenoxy) is 2. The van der Waals surface area contributed by atoms with E-state index in [9.17, 15) is 14.7 Å². The molecule has 2 aromatic carbocycles. The van der Waals surface area contributed by atoms with E-state index < -0.39 is 17.7 Å². The third-order valence-electron chi connectivity index (χ3n) is 5.35. The van der Waals surface area contributed by atoms with Gasteiger partial charge < -0.3 is 19.5 Å². The molecule has 2 aromatic rings. The van der Waals surface area contributed by atoms with E-state index in [1.807, 2.05) is 24.3 Å². The number of likely N-dealkylation sites (tertiary alicyclic amines) is 1. The first kappa shape index (κ1) is 23.4. The Morgan fingerprint density at radius 3 is 2.19 bits per heavy atom. The molecule has 1 heterocycles. The van der Waals surface area contributed by atoms with Crippen molar-refractivity contribution < 1.29 is 24.2 Å². The highest BCUT2D eigenvalue weighted by Crippen LogP contribution is 2.39. The molecule has 3 rings (SSSR count). The number of likely N-dealkylation sites (N-methyl/N-ethyl adjacent to an activating group) is 1. The normalized spacial score (nSPS) is 17.8. The molecule has 0 bridgehead atoms. The summed E-state index contributed by atoms with van der Waals surface area (Å²) in [6, 6.07) is 13.5. The number of carbonyl (C=O) groups is 2. The van der Waals surface area contributed by atoms with Crippen molar-refractivity contribution in [2.45, 2.75) is 39.7 Å². The summed E-state index contributed by atoms with van der Waals surface area (Å²) in [5, 5.41) is 11.0. The van der Waals surface area contributed by atoms with E-state index in [0.717, 1.165) is 24.2 Å². The fourth-order valence-corrected chi connectivity index (χ4v) is 3.55. The zero-order valence-corrected chi connectivity index (χ0v) is 19.1. The molecule has 0 spiro atoms. The van der Waals surface area contributed by atoms with Crippen molar-refractivity contribution in [1.82, 2.24) is 4.90 Å². The second-order valence-corrected chi connectivity index (χ2v) is 8.41. The smallest absolute Gasteiger partial charge is 0.295 e. The van der Waals surface area contributed by atoms with Crippen LogP contribution in [0.15, 0.2) is 54.1 Å². The molecular formula is C26H31NO5. The van der Waals surface area contributed by atoms with Crippen molar-refractivity contribution in [2.24, 2.45) is 5.92 Å². The third kappa shape index (κ3) is 5.13. The van der Waals surface area contributed by atoms with Crippen LogP contribution >= 0.6 is 0 Å². The highest BCUT2D eigenvalue weighted by Gasteiger charge is 2.44. The number of aliphatic hydroxyl groups is 1.